The first-order chi connectivity index (χ1) is 9.65. The molecule has 0 saturated carbocycles. The quantitative estimate of drug-likeness (QED) is 0.910. The van der Waals surface area contributed by atoms with Gasteiger partial charge >= 0.3 is 0 Å². The highest BCUT2D eigenvalue weighted by Gasteiger charge is 2.10. The molecule has 1 heterocycles. The van der Waals surface area contributed by atoms with Gasteiger partial charge < -0.3 is 14.6 Å². The van der Waals surface area contributed by atoms with Gasteiger partial charge in [0.1, 0.15) is 18.1 Å². The lowest BCUT2D eigenvalue weighted by Gasteiger charge is -2.13. The number of aromatic nitrogens is 1. The summed E-state index contributed by atoms with van der Waals surface area (Å²) in [6.45, 7) is 4.32. The molecule has 4 heteroatoms. The van der Waals surface area contributed by atoms with Gasteiger partial charge in [-0.25, -0.2) is 0 Å². The Labute approximate surface area is 119 Å². The number of aliphatic hydroxyl groups excluding tert-OH is 1. The van der Waals surface area contributed by atoms with Crippen molar-refractivity contribution in [2.24, 2.45) is 0 Å². The standard InChI is InChI=1S/C16H19NO3/c1-11-8-17-15(12(2)16(11)19-3)10-20-14-6-4-5-13(7-14)9-18/h4-8,18H,9-10H2,1-3H3. The minimum atomic E-state index is 0.00678. The van der Waals surface area contributed by atoms with Crippen molar-refractivity contribution < 1.29 is 14.6 Å². The molecule has 2 rings (SSSR count). The van der Waals surface area contributed by atoms with E-state index in [-0.39, 0.29) is 6.61 Å². The van der Waals surface area contributed by atoms with Crippen molar-refractivity contribution in [3.63, 3.8) is 0 Å². The third kappa shape index (κ3) is 3.08. The summed E-state index contributed by atoms with van der Waals surface area (Å²) < 4.78 is 11.1. The molecule has 20 heavy (non-hydrogen) atoms. The van der Waals surface area contributed by atoms with Gasteiger partial charge in [-0.05, 0) is 31.5 Å². The van der Waals surface area contributed by atoms with Gasteiger partial charge in [-0.15, -0.1) is 0 Å². The molecule has 0 amide bonds. The van der Waals surface area contributed by atoms with Crippen molar-refractivity contribution in [1.29, 1.82) is 0 Å². The number of hydrogen-bond donors (Lipinski definition) is 1. The predicted molar refractivity (Wildman–Crippen MR) is 77.0 cm³/mol. The van der Waals surface area contributed by atoms with Crippen molar-refractivity contribution in [3.05, 3.63) is 52.8 Å². The van der Waals surface area contributed by atoms with Crippen LogP contribution in [0.3, 0.4) is 0 Å². The fourth-order valence-electron chi connectivity index (χ4n) is 2.10. The van der Waals surface area contributed by atoms with Crippen LogP contribution >= 0.6 is 0 Å². The highest BCUT2D eigenvalue weighted by Crippen LogP contribution is 2.25. The minimum Gasteiger partial charge on any atom is -0.496 e. The number of aryl methyl sites for hydroxylation is 1. The average Bonchev–Trinajstić information content (AvgIpc) is 2.47. The molecule has 1 N–H and O–H groups in total. The van der Waals surface area contributed by atoms with Gasteiger partial charge in [0.05, 0.1) is 19.4 Å². The molecular weight excluding hydrogens is 254 g/mol. The Hall–Kier alpha value is -2.07. The molecule has 0 unspecified atom stereocenters. The van der Waals surface area contributed by atoms with Crippen molar-refractivity contribution in [3.8, 4) is 11.5 Å². The van der Waals surface area contributed by atoms with Crippen molar-refractivity contribution in [2.45, 2.75) is 27.1 Å². The van der Waals surface area contributed by atoms with Gasteiger partial charge in [0.25, 0.3) is 0 Å². The Morgan fingerprint density at radius 3 is 2.75 bits per heavy atom. The van der Waals surface area contributed by atoms with Crippen LogP contribution < -0.4 is 9.47 Å². The van der Waals surface area contributed by atoms with Crippen molar-refractivity contribution in [2.75, 3.05) is 7.11 Å². The zero-order valence-corrected chi connectivity index (χ0v) is 12.0. The zero-order chi connectivity index (χ0) is 14.5. The van der Waals surface area contributed by atoms with E-state index in [0.717, 1.165) is 33.9 Å². The van der Waals surface area contributed by atoms with E-state index in [1.54, 1.807) is 13.3 Å². The van der Waals surface area contributed by atoms with Crippen LogP contribution in [0, 0.1) is 13.8 Å². The van der Waals surface area contributed by atoms with Gasteiger partial charge in [0.15, 0.2) is 0 Å². The maximum atomic E-state index is 9.11. The molecule has 2 aromatic rings. The maximum absolute atomic E-state index is 9.11. The van der Waals surface area contributed by atoms with Crippen LogP contribution in [0.1, 0.15) is 22.4 Å². The molecular formula is C16H19NO3. The lowest BCUT2D eigenvalue weighted by atomic mass is 10.1. The van der Waals surface area contributed by atoms with E-state index in [1.165, 1.54) is 0 Å². The summed E-state index contributed by atoms with van der Waals surface area (Å²) >= 11 is 0. The third-order valence-electron chi connectivity index (χ3n) is 3.21. The number of benzene rings is 1. The number of nitrogens with zero attached hydrogens (tertiary/aromatic N) is 1. The second-order valence-corrected chi connectivity index (χ2v) is 4.64. The van der Waals surface area contributed by atoms with E-state index in [9.17, 15) is 0 Å². The SMILES string of the molecule is COc1c(C)cnc(COc2cccc(CO)c2)c1C. The molecule has 0 fully saturated rings. The summed E-state index contributed by atoms with van der Waals surface area (Å²) in [7, 11) is 1.66. The van der Waals surface area contributed by atoms with Crippen LogP contribution in [0.15, 0.2) is 30.5 Å². The Morgan fingerprint density at radius 1 is 1.25 bits per heavy atom. The molecule has 0 radical (unpaired) electrons. The van der Waals surface area contributed by atoms with Crippen molar-refractivity contribution in [1.82, 2.24) is 4.98 Å². The second-order valence-electron chi connectivity index (χ2n) is 4.64. The number of ether oxygens (including phenoxy) is 2. The predicted octanol–water partition coefficient (Wildman–Crippen LogP) is 2.78. The molecule has 0 bridgehead atoms. The third-order valence-corrected chi connectivity index (χ3v) is 3.21. The topological polar surface area (TPSA) is 51.6 Å². The van der Waals surface area contributed by atoms with Gasteiger partial charge in [0, 0.05) is 17.3 Å². The lowest BCUT2D eigenvalue weighted by Crippen LogP contribution is -2.04. The van der Waals surface area contributed by atoms with Gasteiger partial charge in [0.2, 0.25) is 0 Å². The highest BCUT2D eigenvalue weighted by atomic mass is 16.5. The molecule has 106 valence electrons. The fourth-order valence-corrected chi connectivity index (χ4v) is 2.10. The molecule has 0 spiro atoms. The van der Waals surface area contributed by atoms with E-state index in [0.29, 0.717) is 6.61 Å². The van der Waals surface area contributed by atoms with Crippen molar-refractivity contribution >= 4 is 0 Å². The summed E-state index contributed by atoms with van der Waals surface area (Å²) in [5.41, 5.74) is 3.68. The fraction of sp³-hybridized carbons (Fsp3) is 0.312. The lowest BCUT2D eigenvalue weighted by molar-refractivity contribution is 0.277. The number of aliphatic hydroxyl groups is 1. The molecule has 1 aromatic carbocycles. The zero-order valence-electron chi connectivity index (χ0n) is 12.0. The summed E-state index contributed by atoms with van der Waals surface area (Å²) in [5.74, 6) is 1.57. The van der Waals surface area contributed by atoms with Crippen LogP contribution in [0.4, 0.5) is 0 Å². The summed E-state index contributed by atoms with van der Waals surface area (Å²) in [5, 5.41) is 9.11. The minimum absolute atomic E-state index is 0.00678. The number of rotatable bonds is 5. The largest absolute Gasteiger partial charge is 0.496 e. The number of methoxy groups -OCH3 is 1. The van der Waals surface area contributed by atoms with E-state index in [1.807, 2.05) is 38.1 Å². The Balaban J connectivity index is 2.14. The molecule has 0 saturated heterocycles. The monoisotopic (exact) mass is 273 g/mol. The van der Waals surface area contributed by atoms with Gasteiger partial charge in [-0.2, -0.15) is 0 Å². The van der Waals surface area contributed by atoms with E-state index < -0.39 is 0 Å². The van der Waals surface area contributed by atoms with E-state index >= 15 is 0 Å². The molecule has 0 aliphatic heterocycles. The van der Waals surface area contributed by atoms with Crippen LogP contribution in [-0.2, 0) is 13.2 Å². The first kappa shape index (κ1) is 14.3. The molecule has 0 aliphatic rings. The van der Waals surface area contributed by atoms with Crippen LogP contribution in [0.2, 0.25) is 0 Å². The summed E-state index contributed by atoms with van der Waals surface area (Å²) in [6.07, 6.45) is 1.79. The summed E-state index contributed by atoms with van der Waals surface area (Å²) in [4.78, 5) is 4.39. The second kappa shape index (κ2) is 6.39. The van der Waals surface area contributed by atoms with Gasteiger partial charge in [-0.3, -0.25) is 4.98 Å². The van der Waals surface area contributed by atoms with Crippen LogP contribution in [-0.4, -0.2) is 17.2 Å². The first-order valence-electron chi connectivity index (χ1n) is 6.47. The Morgan fingerprint density at radius 2 is 2.05 bits per heavy atom. The van der Waals surface area contributed by atoms with Crippen LogP contribution in [0.25, 0.3) is 0 Å². The highest BCUT2D eigenvalue weighted by molar-refractivity contribution is 5.41. The average molecular weight is 273 g/mol. The van der Waals surface area contributed by atoms with Crippen LogP contribution in [0.5, 0.6) is 11.5 Å². The summed E-state index contributed by atoms with van der Waals surface area (Å²) in [6, 6.07) is 7.39. The number of pyridine rings is 1. The smallest absolute Gasteiger partial charge is 0.131 e. The Bertz CT molecular complexity index is 596. The van der Waals surface area contributed by atoms with E-state index in [2.05, 4.69) is 4.98 Å². The number of hydrogen-bond acceptors (Lipinski definition) is 4. The molecule has 1 aromatic heterocycles. The maximum Gasteiger partial charge on any atom is 0.131 e. The first-order valence-corrected chi connectivity index (χ1v) is 6.47. The molecule has 0 atom stereocenters. The molecule has 4 nitrogen and oxygen atoms in total. The van der Waals surface area contributed by atoms with E-state index in [4.69, 9.17) is 14.6 Å². The van der Waals surface area contributed by atoms with Gasteiger partial charge in [-0.1, -0.05) is 12.1 Å². The Kier molecular flexibility index (Phi) is 4.58. The normalized spacial score (nSPS) is 10.4. The molecule has 0 aliphatic carbocycles.